The van der Waals surface area contributed by atoms with Crippen molar-refractivity contribution in [2.24, 2.45) is 7.05 Å². The Kier molecular flexibility index (Phi) is 5.55. The van der Waals surface area contributed by atoms with Crippen molar-refractivity contribution in [3.8, 4) is 0 Å². The van der Waals surface area contributed by atoms with Gasteiger partial charge in [0.2, 0.25) is 0 Å². The van der Waals surface area contributed by atoms with Gasteiger partial charge in [-0.25, -0.2) is 9.07 Å². The van der Waals surface area contributed by atoms with Crippen LogP contribution in [0.1, 0.15) is 0 Å². The van der Waals surface area contributed by atoms with E-state index >= 15 is 0 Å². The summed E-state index contributed by atoms with van der Waals surface area (Å²) in [4.78, 5) is 16.3. The summed E-state index contributed by atoms with van der Waals surface area (Å²) in [5.74, 6) is -0.180. The highest BCUT2D eigenvalue weighted by Crippen LogP contribution is 2.20. The number of hydrogen-bond acceptors (Lipinski definition) is 5. The van der Waals surface area contributed by atoms with Crippen LogP contribution in [0.2, 0.25) is 5.02 Å². The van der Waals surface area contributed by atoms with Crippen LogP contribution in [0.25, 0.3) is 0 Å². The first-order chi connectivity index (χ1) is 12.1. The minimum Gasteiger partial charge on any atom is -0.378 e. The zero-order valence-electron chi connectivity index (χ0n) is 14.1. The van der Waals surface area contributed by atoms with Crippen molar-refractivity contribution in [1.82, 2.24) is 14.7 Å². The number of benzene rings is 1. The van der Waals surface area contributed by atoms with Gasteiger partial charge in [0.1, 0.15) is 11.5 Å². The molecule has 8 heteroatoms. The van der Waals surface area contributed by atoms with Gasteiger partial charge in [-0.3, -0.25) is 9.69 Å². The van der Waals surface area contributed by atoms with E-state index in [0.717, 1.165) is 32.7 Å². The third-order valence-electron chi connectivity index (χ3n) is 4.39. The van der Waals surface area contributed by atoms with E-state index in [1.807, 2.05) is 12.1 Å². The molecule has 0 aliphatic carbocycles. The average Bonchev–Trinajstić information content (AvgIpc) is 2.62. The van der Waals surface area contributed by atoms with Crippen LogP contribution in [-0.2, 0) is 7.05 Å². The molecule has 0 amide bonds. The van der Waals surface area contributed by atoms with Crippen LogP contribution in [0.3, 0.4) is 0 Å². The SMILES string of the molecule is Cn1ncc(Cl)c(NCCN2CCN(c3ccccc3F)CC2)c1=O. The van der Waals surface area contributed by atoms with Crippen LogP contribution in [0.15, 0.2) is 35.3 Å². The monoisotopic (exact) mass is 365 g/mol. The lowest BCUT2D eigenvalue weighted by molar-refractivity contribution is 0.266. The second-order valence-corrected chi connectivity index (χ2v) is 6.41. The molecule has 1 aromatic heterocycles. The van der Waals surface area contributed by atoms with E-state index in [-0.39, 0.29) is 11.4 Å². The summed E-state index contributed by atoms with van der Waals surface area (Å²) in [6.45, 7) is 4.64. The Morgan fingerprint density at radius 1 is 1.24 bits per heavy atom. The second kappa shape index (κ2) is 7.84. The summed E-state index contributed by atoms with van der Waals surface area (Å²) in [5, 5.41) is 7.29. The molecule has 0 bridgehead atoms. The van der Waals surface area contributed by atoms with E-state index < -0.39 is 0 Å². The number of nitrogens with zero attached hydrogens (tertiary/aromatic N) is 4. The minimum atomic E-state index is -0.239. The number of halogens is 2. The molecule has 0 saturated carbocycles. The van der Waals surface area contributed by atoms with E-state index in [9.17, 15) is 9.18 Å². The molecule has 3 rings (SSSR count). The number of anilines is 2. The van der Waals surface area contributed by atoms with Gasteiger partial charge in [0, 0.05) is 46.3 Å². The van der Waals surface area contributed by atoms with Crippen molar-refractivity contribution in [2.75, 3.05) is 49.5 Å². The van der Waals surface area contributed by atoms with E-state index in [1.54, 1.807) is 13.1 Å². The van der Waals surface area contributed by atoms with Crippen molar-refractivity contribution in [1.29, 1.82) is 0 Å². The van der Waals surface area contributed by atoms with Crippen LogP contribution in [0.4, 0.5) is 15.8 Å². The van der Waals surface area contributed by atoms with Gasteiger partial charge < -0.3 is 10.2 Å². The Labute approximate surface area is 150 Å². The van der Waals surface area contributed by atoms with E-state index in [0.29, 0.717) is 22.9 Å². The van der Waals surface area contributed by atoms with Gasteiger partial charge in [0.15, 0.2) is 0 Å². The standard InChI is InChI=1S/C17H21ClFN5O/c1-22-17(25)16(13(18)12-21-22)20-6-7-23-8-10-24(11-9-23)15-5-3-2-4-14(15)19/h2-5,12,20H,6-11H2,1H3. The highest BCUT2D eigenvalue weighted by Gasteiger charge is 2.19. The summed E-state index contributed by atoms with van der Waals surface area (Å²) < 4.78 is 15.1. The number of aryl methyl sites for hydroxylation is 1. The highest BCUT2D eigenvalue weighted by atomic mass is 35.5. The Morgan fingerprint density at radius 3 is 2.68 bits per heavy atom. The first-order valence-corrected chi connectivity index (χ1v) is 8.61. The first kappa shape index (κ1) is 17.7. The lowest BCUT2D eigenvalue weighted by atomic mass is 10.2. The maximum atomic E-state index is 13.9. The van der Waals surface area contributed by atoms with Gasteiger partial charge in [-0.15, -0.1) is 0 Å². The third kappa shape index (κ3) is 4.11. The number of para-hydroxylation sites is 1. The normalized spacial score (nSPS) is 15.4. The molecule has 2 aromatic rings. The lowest BCUT2D eigenvalue weighted by Crippen LogP contribution is -2.48. The predicted octanol–water partition coefficient (Wildman–Crippen LogP) is 1.81. The van der Waals surface area contributed by atoms with E-state index in [2.05, 4.69) is 20.2 Å². The van der Waals surface area contributed by atoms with E-state index in [1.165, 1.54) is 16.9 Å². The second-order valence-electron chi connectivity index (χ2n) is 6.00. The fraction of sp³-hybridized carbons (Fsp3) is 0.412. The number of rotatable bonds is 5. The molecule has 134 valence electrons. The fourth-order valence-electron chi connectivity index (χ4n) is 2.94. The zero-order chi connectivity index (χ0) is 17.8. The molecular weight excluding hydrogens is 345 g/mol. The summed E-state index contributed by atoms with van der Waals surface area (Å²) in [6.07, 6.45) is 1.46. The van der Waals surface area contributed by atoms with Gasteiger partial charge >= 0.3 is 0 Å². The first-order valence-electron chi connectivity index (χ1n) is 8.24. The Balaban J connectivity index is 1.50. The minimum absolute atomic E-state index is 0.180. The van der Waals surface area contributed by atoms with Crippen LogP contribution in [0, 0.1) is 5.82 Å². The van der Waals surface area contributed by atoms with Crippen LogP contribution in [0.5, 0.6) is 0 Å². The molecule has 0 atom stereocenters. The fourth-order valence-corrected chi connectivity index (χ4v) is 3.13. The molecule has 6 nitrogen and oxygen atoms in total. The lowest BCUT2D eigenvalue weighted by Gasteiger charge is -2.36. The molecule has 1 aliphatic heterocycles. The molecule has 0 unspecified atom stereocenters. The predicted molar refractivity (Wildman–Crippen MR) is 98.0 cm³/mol. The average molecular weight is 366 g/mol. The van der Waals surface area contributed by atoms with Crippen molar-refractivity contribution < 1.29 is 4.39 Å². The van der Waals surface area contributed by atoms with Gasteiger partial charge in [-0.05, 0) is 12.1 Å². The smallest absolute Gasteiger partial charge is 0.291 e. The molecule has 1 fully saturated rings. The summed E-state index contributed by atoms with van der Waals surface area (Å²) >= 11 is 6.03. The van der Waals surface area contributed by atoms with E-state index in [4.69, 9.17) is 11.6 Å². The Morgan fingerprint density at radius 2 is 1.96 bits per heavy atom. The number of aromatic nitrogens is 2. The molecule has 0 radical (unpaired) electrons. The van der Waals surface area contributed by atoms with Gasteiger partial charge in [0.05, 0.1) is 16.9 Å². The number of hydrogen-bond donors (Lipinski definition) is 1. The maximum Gasteiger partial charge on any atom is 0.291 e. The maximum absolute atomic E-state index is 13.9. The van der Waals surface area contributed by atoms with Crippen molar-refractivity contribution >= 4 is 23.0 Å². The van der Waals surface area contributed by atoms with Crippen molar-refractivity contribution in [3.63, 3.8) is 0 Å². The molecule has 2 heterocycles. The molecule has 1 aliphatic rings. The third-order valence-corrected chi connectivity index (χ3v) is 4.67. The van der Waals surface area contributed by atoms with Crippen LogP contribution in [-0.4, -0.2) is 53.9 Å². The van der Waals surface area contributed by atoms with Gasteiger partial charge in [-0.2, -0.15) is 5.10 Å². The number of nitrogens with one attached hydrogen (secondary N) is 1. The molecule has 1 N–H and O–H groups in total. The molecular formula is C17H21ClFN5O. The largest absolute Gasteiger partial charge is 0.378 e. The molecule has 1 aromatic carbocycles. The summed E-state index contributed by atoms with van der Waals surface area (Å²) in [5.41, 5.74) is 0.799. The molecule has 1 saturated heterocycles. The number of piperazine rings is 1. The Hall–Kier alpha value is -2.12. The zero-order valence-corrected chi connectivity index (χ0v) is 14.8. The van der Waals surface area contributed by atoms with Crippen molar-refractivity contribution in [3.05, 3.63) is 51.7 Å². The van der Waals surface area contributed by atoms with Gasteiger partial charge in [-0.1, -0.05) is 23.7 Å². The summed E-state index contributed by atoms with van der Waals surface area (Å²) in [6, 6.07) is 6.86. The summed E-state index contributed by atoms with van der Waals surface area (Å²) in [7, 11) is 1.59. The van der Waals surface area contributed by atoms with Crippen molar-refractivity contribution in [2.45, 2.75) is 0 Å². The highest BCUT2D eigenvalue weighted by molar-refractivity contribution is 6.32. The van der Waals surface area contributed by atoms with Crippen LogP contribution >= 0.6 is 11.6 Å². The van der Waals surface area contributed by atoms with Gasteiger partial charge in [0.25, 0.3) is 5.56 Å². The van der Waals surface area contributed by atoms with Crippen LogP contribution < -0.4 is 15.8 Å². The molecule has 25 heavy (non-hydrogen) atoms. The molecule has 0 spiro atoms. The topological polar surface area (TPSA) is 53.4 Å². The Bertz CT molecular complexity index is 789. The quantitative estimate of drug-likeness (QED) is 0.875.